The molecule has 1 saturated carbocycles. The summed E-state index contributed by atoms with van der Waals surface area (Å²) in [4.78, 5) is 5.75. The maximum atomic E-state index is 5.75. The highest BCUT2D eigenvalue weighted by molar-refractivity contribution is 7.15. The van der Waals surface area contributed by atoms with Crippen molar-refractivity contribution >= 4 is 16.5 Å². The number of thiazole rings is 1. The molecule has 2 N–H and O–H groups in total. The average molecular weight is 210 g/mol. The lowest BCUT2D eigenvalue weighted by Crippen LogP contribution is -2.24. The topological polar surface area (TPSA) is 38.9 Å². The molecule has 0 radical (unpaired) electrons. The van der Waals surface area contributed by atoms with Crippen molar-refractivity contribution in [1.29, 1.82) is 0 Å². The molecule has 14 heavy (non-hydrogen) atoms. The molecule has 1 aromatic rings. The molecular weight excluding hydrogens is 192 g/mol. The molecule has 1 aromatic heterocycles. The van der Waals surface area contributed by atoms with Crippen molar-refractivity contribution in [1.82, 2.24) is 4.98 Å². The van der Waals surface area contributed by atoms with Gasteiger partial charge >= 0.3 is 0 Å². The van der Waals surface area contributed by atoms with Crippen LogP contribution in [0.3, 0.4) is 0 Å². The number of nitrogens with two attached hydrogens (primary N) is 1. The molecule has 2 rings (SSSR count). The van der Waals surface area contributed by atoms with Gasteiger partial charge in [0.05, 0.1) is 5.69 Å². The van der Waals surface area contributed by atoms with E-state index in [1.807, 2.05) is 0 Å². The molecule has 2 nitrogen and oxygen atoms in total. The van der Waals surface area contributed by atoms with Crippen LogP contribution in [0.1, 0.15) is 49.6 Å². The Morgan fingerprint density at radius 2 is 1.93 bits per heavy atom. The lowest BCUT2D eigenvalue weighted by Gasteiger charge is -2.32. The van der Waals surface area contributed by atoms with Gasteiger partial charge in [0, 0.05) is 10.3 Å². The molecule has 0 aromatic carbocycles. The minimum Gasteiger partial charge on any atom is -0.375 e. The SMILES string of the molecule is Cc1nc(N)sc1C1(C)CCCCC1. The van der Waals surface area contributed by atoms with Crippen molar-refractivity contribution in [2.24, 2.45) is 0 Å². The summed E-state index contributed by atoms with van der Waals surface area (Å²) in [5, 5.41) is 0.726. The van der Waals surface area contributed by atoms with E-state index >= 15 is 0 Å². The van der Waals surface area contributed by atoms with E-state index in [1.165, 1.54) is 37.0 Å². The Morgan fingerprint density at radius 1 is 1.29 bits per heavy atom. The summed E-state index contributed by atoms with van der Waals surface area (Å²) in [5.41, 5.74) is 7.26. The second-order valence-electron chi connectivity index (χ2n) is 4.59. The zero-order chi connectivity index (χ0) is 10.2. The molecule has 0 unspecified atom stereocenters. The maximum Gasteiger partial charge on any atom is 0.180 e. The van der Waals surface area contributed by atoms with Gasteiger partial charge in [-0.05, 0) is 19.8 Å². The number of nitrogen functional groups attached to an aromatic ring is 1. The van der Waals surface area contributed by atoms with Gasteiger partial charge < -0.3 is 5.73 Å². The lowest BCUT2D eigenvalue weighted by atomic mass is 9.74. The Balaban J connectivity index is 2.32. The molecule has 0 atom stereocenters. The molecule has 1 fully saturated rings. The van der Waals surface area contributed by atoms with Crippen molar-refractivity contribution in [2.75, 3.05) is 5.73 Å². The summed E-state index contributed by atoms with van der Waals surface area (Å²) in [7, 11) is 0. The van der Waals surface area contributed by atoms with E-state index < -0.39 is 0 Å². The van der Waals surface area contributed by atoms with Crippen molar-refractivity contribution in [3.8, 4) is 0 Å². The molecule has 1 aliphatic rings. The molecule has 3 heteroatoms. The first-order valence-corrected chi connectivity index (χ1v) is 6.17. The van der Waals surface area contributed by atoms with Crippen LogP contribution in [-0.2, 0) is 5.41 Å². The Hall–Kier alpha value is -0.570. The second-order valence-corrected chi connectivity index (χ2v) is 5.62. The van der Waals surface area contributed by atoms with Crippen LogP contribution in [0.2, 0.25) is 0 Å². The number of nitrogens with zero attached hydrogens (tertiary/aromatic N) is 1. The van der Waals surface area contributed by atoms with Gasteiger partial charge in [0.15, 0.2) is 5.13 Å². The summed E-state index contributed by atoms with van der Waals surface area (Å²) in [6, 6.07) is 0. The summed E-state index contributed by atoms with van der Waals surface area (Å²) < 4.78 is 0. The quantitative estimate of drug-likeness (QED) is 0.772. The van der Waals surface area contributed by atoms with Crippen molar-refractivity contribution < 1.29 is 0 Å². The molecule has 0 aliphatic heterocycles. The predicted molar refractivity (Wildman–Crippen MR) is 61.7 cm³/mol. The van der Waals surface area contributed by atoms with Crippen LogP contribution >= 0.6 is 11.3 Å². The third kappa shape index (κ3) is 1.65. The molecule has 0 amide bonds. The highest BCUT2D eigenvalue weighted by Crippen LogP contribution is 2.43. The first kappa shape index (κ1) is 9.97. The van der Waals surface area contributed by atoms with E-state index in [-0.39, 0.29) is 0 Å². The van der Waals surface area contributed by atoms with Crippen LogP contribution in [0.25, 0.3) is 0 Å². The standard InChI is InChI=1S/C11H18N2S/c1-8-9(14-10(12)13-8)11(2)6-4-3-5-7-11/h3-7H2,1-2H3,(H2,12,13). The van der Waals surface area contributed by atoms with Crippen LogP contribution in [0.5, 0.6) is 0 Å². The summed E-state index contributed by atoms with van der Waals surface area (Å²) in [6.45, 7) is 4.45. The van der Waals surface area contributed by atoms with E-state index in [2.05, 4.69) is 18.8 Å². The zero-order valence-electron chi connectivity index (χ0n) is 8.97. The number of aromatic nitrogens is 1. The number of anilines is 1. The monoisotopic (exact) mass is 210 g/mol. The smallest absolute Gasteiger partial charge is 0.180 e. The Morgan fingerprint density at radius 3 is 2.43 bits per heavy atom. The summed E-state index contributed by atoms with van der Waals surface area (Å²) in [6.07, 6.45) is 6.70. The van der Waals surface area contributed by atoms with E-state index in [0.717, 1.165) is 10.8 Å². The second kappa shape index (κ2) is 3.54. The van der Waals surface area contributed by atoms with E-state index in [9.17, 15) is 0 Å². The molecule has 1 heterocycles. The number of hydrogen-bond acceptors (Lipinski definition) is 3. The van der Waals surface area contributed by atoms with Gasteiger partial charge in [0.1, 0.15) is 0 Å². The highest BCUT2D eigenvalue weighted by Gasteiger charge is 2.32. The first-order valence-electron chi connectivity index (χ1n) is 5.35. The fourth-order valence-corrected chi connectivity index (χ4v) is 3.57. The normalized spacial score (nSPS) is 21.0. The minimum absolute atomic E-state index is 0.359. The van der Waals surface area contributed by atoms with Gasteiger partial charge in [-0.25, -0.2) is 4.98 Å². The van der Waals surface area contributed by atoms with Gasteiger partial charge in [0.25, 0.3) is 0 Å². The van der Waals surface area contributed by atoms with Gasteiger partial charge in [-0.15, -0.1) is 11.3 Å². The largest absolute Gasteiger partial charge is 0.375 e. The van der Waals surface area contributed by atoms with Gasteiger partial charge in [-0.2, -0.15) is 0 Å². The molecule has 78 valence electrons. The lowest BCUT2D eigenvalue weighted by molar-refractivity contribution is 0.323. The van der Waals surface area contributed by atoms with Crippen LogP contribution in [0.4, 0.5) is 5.13 Å². The Kier molecular flexibility index (Phi) is 2.52. The summed E-state index contributed by atoms with van der Waals surface area (Å²) >= 11 is 1.69. The third-order valence-electron chi connectivity index (χ3n) is 3.32. The summed E-state index contributed by atoms with van der Waals surface area (Å²) in [5.74, 6) is 0. The Bertz CT molecular complexity index is 324. The molecule has 0 spiro atoms. The van der Waals surface area contributed by atoms with E-state index in [1.54, 1.807) is 11.3 Å². The van der Waals surface area contributed by atoms with Crippen molar-refractivity contribution in [3.05, 3.63) is 10.6 Å². The average Bonchev–Trinajstić information content (AvgIpc) is 2.47. The van der Waals surface area contributed by atoms with Crippen molar-refractivity contribution in [2.45, 2.75) is 51.4 Å². The van der Waals surface area contributed by atoms with Crippen LogP contribution in [-0.4, -0.2) is 4.98 Å². The maximum absolute atomic E-state index is 5.75. The fraction of sp³-hybridized carbons (Fsp3) is 0.727. The Labute approximate surface area is 89.5 Å². The van der Waals surface area contributed by atoms with Crippen LogP contribution < -0.4 is 5.73 Å². The zero-order valence-corrected chi connectivity index (χ0v) is 9.78. The molecule has 0 bridgehead atoms. The molecule has 0 saturated heterocycles. The van der Waals surface area contributed by atoms with E-state index in [0.29, 0.717) is 5.41 Å². The van der Waals surface area contributed by atoms with Gasteiger partial charge in [-0.1, -0.05) is 26.2 Å². The minimum atomic E-state index is 0.359. The van der Waals surface area contributed by atoms with Gasteiger partial charge in [0.2, 0.25) is 0 Å². The predicted octanol–water partition coefficient (Wildman–Crippen LogP) is 3.26. The van der Waals surface area contributed by atoms with E-state index in [4.69, 9.17) is 5.73 Å². The molecule has 1 aliphatic carbocycles. The van der Waals surface area contributed by atoms with Gasteiger partial charge in [-0.3, -0.25) is 0 Å². The van der Waals surface area contributed by atoms with Crippen LogP contribution in [0.15, 0.2) is 0 Å². The molecular formula is C11H18N2S. The number of rotatable bonds is 1. The highest BCUT2D eigenvalue weighted by atomic mass is 32.1. The number of aryl methyl sites for hydroxylation is 1. The third-order valence-corrected chi connectivity index (χ3v) is 4.61. The van der Waals surface area contributed by atoms with Crippen LogP contribution in [0, 0.1) is 6.92 Å². The van der Waals surface area contributed by atoms with Crippen molar-refractivity contribution in [3.63, 3.8) is 0 Å². The first-order chi connectivity index (χ1) is 6.62. The fourth-order valence-electron chi connectivity index (χ4n) is 2.54. The number of hydrogen-bond donors (Lipinski definition) is 1.